The van der Waals surface area contributed by atoms with E-state index in [9.17, 15) is 10.1 Å². The molecule has 2 aromatic heterocycles. The Labute approximate surface area is 147 Å². The molecule has 0 aliphatic carbocycles. The number of nitriles is 1. The summed E-state index contributed by atoms with van der Waals surface area (Å²) in [5.74, 6) is -0.243. The molecule has 0 saturated heterocycles. The summed E-state index contributed by atoms with van der Waals surface area (Å²) in [6.45, 7) is 1.84. The van der Waals surface area contributed by atoms with Gasteiger partial charge in [-0.15, -0.1) is 16.4 Å². The van der Waals surface area contributed by atoms with Gasteiger partial charge < -0.3 is 0 Å². The summed E-state index contributed by atoms with van der Waals surface area (Å²) in [6.07, 6.45) is 0. The maximum atomic E-state index is 12.3. The quantitative estimate of drug-likeness (QED) is 0.682. The van der Waals surface area contributed by atoms with Gasteiger partial charge in [0.1, 0.15) is 5.01 Å². The Morgan fingerprint density at radius 1 is 1.38 bits per heavy atom. The summed E-state index contributed by atoms with van der Waals surface area (Å²) in [7, 11) is 0. The first-order valence-corrected chi connectivity index (χ1v) is 8.99. The van der Waals surface area contributed by atoms with E-state index in [1.54, 1.807) is 0 Å². The molecule has 24 heavy (non-hydrogen) atoms. The van der Waals surface area contributed by atoms with Gasteiger partial charge >= 0.3 is 0 Å². The third-order valence-corrected chi connectivity index (χ3v) is 5.09. The van der Waals surface area contributed by atoms with Crippen molar-refractivity contribution in [2.45, 2.75) is 18.0 Å². The second-order valence-electron chi connectivity index (χ2n) is 4.98. The molecular weight excluding hydrogens is 342 g/mol. The van der Waals surface area contributed by atoms with Gasteiger partial charge in [0, 0.05) is 16.6 Å². The Bertz CT molecular complexity index is 881. The van der Waals surface area contributed by atoms with Gasteiger partial charge in [-0.25, -0.2) is 9.97 Å². The SMILES string of the molecule is Cc1csc([C@@H](C#N)C(=O)CSc2n[nH]c(-c3ccccc3)n2)n1. The number of carbonyl (C=O) groups excluding carboxylic acids is 1. The average Bonchev–Trinajstić information content (AvgIpc) is 3.24. The number of carbonyl (C=O) groups is 1. The molecule has 8 heteroatoms. The van der Waals surface area contributed by atoms with Gasteiger partial charge in [-0.1, -0.05) is 42.1 Å². The van der Waals surface area contributed by atoms with Crippen LogP contribution in [0.4, 0.5) is 0 Å². The number of benzene rings is 1. The van der Waals surface area contributed by atoms with Crippen molar-refractivity contribution >= 4 is 28.9 Å². The fourth-order valence-electron chi connectivity index (χ4n) is 2.02. The third-order valence-electron chi connectivity index (χ3n) is 3.19. The number of thiazole rings is 1. The van der Waals surface area contributed by atoms with E-state index in [1.807, 2.05) is 48.7 Å². The number of nitrogens with one attached hydrogen (secondary N) is 1. The third kappa shape index (κ3) is 3.69. The van der Waals surface area contributed by atoms with Crippen LogP contribution in [-0.4, -0.2) is 31.7 Å². The molecule has 3 rings (SSSR count). The number of aromatic amines is 1. The van der Waals surface area contributed by atoms with E-state index in [1.165, 1.54) is 23.1 Å². The average molecular weight is 355 g/mol. The van der Waals surface area contributed by atoms with Crippen LogP contribution in [0.5, 0.6) is 0 Å². The highest BCUT2D eigenvalue weighted by molar-refractivity contribution is 7.99. The van der Waals surface area contributed by atoms with Crippen molar-refractivity contribution in [3.8, 4) is 17.5 Å². The molecule has 3 aromatic rings. The second-order valence-corrected chi connectivity index (χ2v) is 6.81. The summed E-state index contributed by atoms with van der Waals surface area (Å²) in [5.41, 5.74) is 1.74. The van der Waals surface area contributed by atoms with Crippen LogP contribution < -0.4 is 0 Å². The van der Waals surface area contributed by atoms with Crippen LogP contribution in [0, 0.1) is 18.3 Å². The number of rotatable bonds is 6. The molecule has 0 bridgehead atoms. The highest BCUT2D eigenvalue weighted by Gasteiger charge is 2.23. The van der Waals surface area contributed by atoms with Crippen LogP contribution in [0.2, 0.25) is 0 Å². The lowest BCUT2D eigenvalue weighted by Crippen LogP contribution is -2.13. The second kappa shape index (κ2) is 7.38. The van der Waals surface area contributed by atoms with Gasteiger partial charge in [-0.2, -0.15) is 5.26 Å². The lowest BCUT2D eigenvalue weighted by Gasteiger charge is -2.03. The monoisotopic (exact) mass is 355 g/mol. The number of nitrogens with zero attached hydrogens (tertiary/aromatic N) is 4. The first kappa shape index (κ1) is 16.4. The largest absolute Gasteiger partial charge is 0.297 e. The predicted molar refractivity (Wildman–Crippen MR) is 92.8 cm³/mol. The lowest BCUT2D eigenvalue weighted by atomic mass is 10.1. The minimum absolute atomic E-state index is 0.128. The molecule has 0 aliphatic heterocycles. The summed E-state index contributed by atoms with van der Waals surface area (Å²) < 4.78 is 0. The van der Waals surface area contributed by atoms with Crippen molar-refractivity contribution in [3.05, 3.63) is 46.4 Å². The molecule has 1 atom stereocenters. The maximum Gasteiger partial charge on any atom is 0.209 e. The van der Waals surface area contributed by atoms with Crippen molar-refractivity contribution in [3.63, 3.8) is 0 Å². The minimum Gasteiger partial charge on any atom is -0.297 e. The van der Waals surface area contributed by atoms with Crippen LogP contribution in [0.3, 0.4) is 0 Å². The van der Waals surface area contributed by atoms with Gasteiger partial charge in [0.2, 0.25) is 5.16 Å². The molecule has 1 N–H and O–H groups in total. The zero-order valence-electron chi connectivity index (χ0n) is 12.8. The molecule has 6 nitrogen and oxygen atoms in total. The van der Waals surface area contributed by atoms with E-state index in [4.69, 9.17) is 0 Å². The molecule has 120 valence electrons. The molecule has 0 radical (unpaired) electrons. The summed E-state index contributed by atoms with van der Waals surface area (Å²) >= 11 is 2.54. The van der Waals surface area contributed by atoms with Gasteiger partial charge in [0.15, 0.2) is 17.5 Å². The first-order valence-electron chi connectivity index (χ1n) is 7.12. The minimum atomic E-state index is -0.830. The van der Waals surface area contributed by atoms with Crippen molar-refractivity contribution in [2.75, 3.05) is 5.75 Å². The number of H-pyrrole nitrogens is 1. The zero-order chi connectivity index (χ0) is 16.9. The smallest absolute Gasteiger partial charge is 0.209 e. The van der Waals surface area contributed by atoms with Crippen molar-refractivity contribution in [2.24, 2.45) is 0 Å². The fourth-order valence-corrected chi connectivity index (χ4v) is 3.59. The van der Waals surface area contributed by atoms with E-state index in [2.05, 4.69) is 20.2 Å². The highest BCUT2D eigenvalue weighted by atomic mass is 32.2. The Hall–Kier alpha value is -2.50. The topological polar surface area (TPSA) is 95.3 Å². The predicted octanol–water partition coefficient (Wildman–Crippen LogP) is 3.21. The molecule has 1 aromatic carbocycles. The number of aromatic nitrogens is 4. The molecule has 0 fully saturated rings. The van der Waals surface area contributed by atoms with E-state index in [0.717, 1.165) is 11.3 Å². The van der Waals surface area contributed by atoms with Crippen molar-refractivity contribution in [1.82, 2.24) is 20.2 Å². The normalized spacial score (nSPS) is 11.8. The van der Waals surface area contributed by atoms with Gasteiger partial charge in [-0.3, -0.25) is 9.89 Å². The molecule has 0 spiro atoms. The summed E-state index contributed by atoms with van der Waals surface area (Å²) in [6, 6.07) is 11.7. The number of hydrogen-bond donors (Lipinski definition) is 1. The Morgan fingerprint density at radius 2 is 2.17 bits per heavy atom. The Kier molecular flexibility index (Phi) is 5.03. The van der Waals surface area contributed by atoms with Crippen LogP contribution >= 0.6 is 23.1 Å². The standard InChI is InChI=1S/C16H13N5OS2/c1-10-8-23-15(18-10)12(7-17)13(22)9-24-16-19-14(20-21-16)11-5-3-2-4-6-11/h2-6,8,12H,9H2,1H3,(H,19,20,21)/t12-/m0/s1. The van der Waals surface area contributed by atoms with E-state index in [0.29, 0.717) is 16.0 Å². The van der Waals surface area contributed by atoms with E-state index in [-0.39, 0.29) is 11.5 Å². The lowest BCUT2D eigenvalue weighted by molar-refractivity contribution is -0.116. The molecule has 0 amide bonds. The van der Waals surface area contributed by atoms with Gasteiger partial charge in [-0.05, 0) is 6.92 Å². The number of hydrogen-bond acceptors (Lipinski definition) is 7. The molecular formula is C16H13N5OS2. The van der Waals surface area contributed by atoms with Crippen molar-refractivity contribution in [1.29, 1.82) is 5.26 Å². The zero-order valence-corrected chi connectivity index (χ0v) is 14.4. The molecule has 0 aliphatic rings. The fraction of sp³-hybridized carbons (Fsp3) is 0.188. The van der Waals surface area contributed by atoms with Crippen LogP contribution in [0.25, 0.3) is 11.4 Å². The number of thioether (sulfide) groups is 1. The first-order chi connectivity index (χ1) is 11.7. The number of Topliss-reactive ketones (excluding diaryl/α,β-unsaturated/α-hetero) is 1. The van der Waals surface area contributed by atoms with Gasteiger partial charge in [0.05, 0.1) is 11.8 Å². The van der Waals surface area contributed by atoms with E-state index >= 15 is 0 Å². The Morgan fingerprint density at radius 3 is 2.83 bits per heavy atom. The number of aryl methyl sites for hydroxylation is 1. The van der Waals surface area contributed by atoms with Gasteiger partial charge in [0.25, 0.3) is 0 Å². The van der Waals surface area contributed by atoms with Crippen LogP contribution in [0.15, 0.2) is 40.9 Å². The van der Waals surface area contributed by atoms with Crippen molar-refractivity contribution < 1.29 is 4.79 Å². The van der Waals surface area contributed by atoms with E-state index < -0.39 is 5.92 Å². The molecule has 0 saturated carbocycles. The Balaban J connectivity index is 1.64. The number of ketones is 1. The summed E-state index contributed by atoms with van der Waals surface area (Å²) in [4.78, 5) is 20.9. The molecule has 2 heterocycles. The molecule has 0 unspecified atom stereocenters. The maximum absolute atomic E-state index is 12.3. The highest BCUT2D eigenvalue weighted by Crippen LogP contribution is 2.24. The summed E-state index contributed by atoms with van der Waals surface area (Å²) in [5, 5.41) is 19.1. The van der Waals surface area contributed by atoms with Crippen LogP contribution in [-0.2, 0) is 4.79 Å². The van der Waals surface area contributed by atoms with Crippen LogP contribution in [0.1, 0.15) is 16.6 Å².